The highest BCUT2D eigenvalue weighted by Gasteiger charge is 2.07. The summed E-state index contributed by atoms with van der Waals surface area (Å²) in [5.74, 6) is -0.239. The molecule has 0 unspecified atom stereocenters. The summed E-state index contributed by atoms with van der Waals surface area (Å²) in [6.45, 7) is 4.23. The number of carbonyl (C=O) groups is 1. The predicted octanol–water partition coefficient (Wildman–Crippen LogP) is 0.111. The zero-order valence-electron chi connectivity index (χ0n) is 6.78. The van der Waals surface area contributed by atoms with E-state index in [-0.39, 0.29) is 6.54 Å². The molecule has 0 radical (unpaired) electrons. The summed E-state index contributed by atoms with van der Waals surface area (Å²) in [6.07, 6.45) is 0. The van der Waals surface area contributed by atoms with Crippen molar-refractivity contribution in [2.75, 3.05) is 13.1 Å². The van der Waals surface area contributed by atoms with Gasteiger partial charge in [-0.25, -0.2) is 0 Å². The molecule has 0 atom stereocenters. The first-order valence-corrected chi connectivity index (χ1v) is 3.42. The van der Waals surface area contributed by atoms with Gasteiger partial charge in [-0.3, -0.25) is 9.80 Å². The molecule has 0 saturated heterocycles. The Hall–Kier alpha value is -1.13. The van der Waals surface area contributed by atoms with Gasteiger partial charge in [-0.2, -0.15) is 0 Å². The van der Waals surface area contributed by atoms with E-state index < -0.39 is 5.91 Å². The topological polar surface area (TPSA) is 75.8 Å². The van der Waals surface area contributed by atoms with Gasteiger partial charge in [0.2, 0.25) is 5.91 Å². The normalized spacial score (nSPS) is 9.73. The second kappa shape index (κ2) is 4.65. The van der Waals surface area contributed by atoms with Gasteiger partial charge in [0.1, 0.15) is 6.54 Å². The fraction of sp³-hybridized carbons (Fsp3) is 0.833. The van der Waals surface area contributed by atoms with Crippen molar-refractivity contribution < 1.29 is 4.79 Å². The molecule has 64 valence electrons. The van der Waals surface area contributed by atoms with Crippen LogP contribution < -0.4 is 5.73 Å². The minimum Gasteiger partial charge on any atom is -0.368 e. The molecule has 0 aliphatic carbocycles. The highest BCUT2D eigenvalue weighted by molar-refractivity contribution is 5.75. The smallest absolute Gasteiger partial charge is 0.238 e. The van der Waals surface area contributed by atoms with Crippen LogP contribution >= 0.6 is 0 Å². The van der Waals surface area contributed by atoms with Crippen LogP contribution in [0.4, 0.5) is 0 Å². The first-order chi connectivity index (χ1) is 5.06. The maximum atomic E-state index is 10.3. The van der Waals surface area contributed by atoms with Crippen LogP contribution in [0.15, 0.2) is 5.29 Å². The van der Waals surface area contributed by atoms with Crippen molar-refractivity contribution in [2.24, 2.45) is 16.9 Å². The van der Waals surface area contributed by atoms with E-state index in [2.05, 4.69) is 5.29 Å². The van der Waals surface area contributed by atoms with E-state index >= 15 is 0 Å². The summed E-state index contributed by atoms with van der Waals surface area (Å²) >= 11 is 0. The quantitative estimate of drug-likeness (QED) is 0.457. The van der Waals surface area contributed by atoms with Gasteiger partial charge in [-0.1, -0.05) is 13.8 Å². The Kier molecular flexibility index (Phi) is 4.17. The van der Waals surface area contributed by atoms with Gasteiger partial charge in [-0.15, -0.1) is 4.91 Å². The number of hydrogen-bond acceptors (Lipinski definition) is 3. The van der Waals surface area contributed by atoms with Crippen molar-refractivity contribution >= 4 is 5.91 Å². The fourth-order valence-corrected chi connectivity index (χ4v) is 0.728. The van der Waals surface area contributed by atoms with E-state index in [0.717, 1.165) is 5.01 Å². The van der Waals surface area contributed by atoms with Crippen molar-refractivity contribution in [3.63, 3.8) is 0 Å². The summed E-state index contributed by atoms with van der Waals surface area (Å²) in [7, 11) is 0. The zero-order valence-corrected chi connectivity index (χ0v) is 6.78. The van der Waals surface area contributed by atoms with Crippen molar-refractivity contribution in [1.82, 2.24) is 5.01 Å². The van der Waals surface area contributed by atoms with Gasteiger partial charge in [0, 0.05) is 6.54 Å². The summed E-state index contributed by atoms with van der Waals surface area (Å²) in [6, 6.07) is 0. The van der Waals surface area contributed by atoms with Gasteiger partial charge in [0.25, 0.3) is 0 Å². The Morgan fingerprint density at radius 1 is 1.64 bits per heavy atom. The molecule has 0 saturated carbocycles. The van der Waals surface area contributed by atoms with Crippen LogP contribution in [-0.2, 0) is 4.79 Å². The fourth-order valence-electron chi connectivity index (χ4n) is 0.728. The lowest BCUT2D eigenvalue weighted by Gasteiger charge is -2.14. The van der Waals surface area contributed by atoms with Gasteiger partial charge in [-0.05, 0) is 5.92 Å². The lowest BCUT2D eigenvalue weighted by molar-refractivity contribution is -0.119. The zero-order chi connectivity index (χ0) is 8.85. The molecule has 5 heteroatoms. The molecule has 5 nitrogen and oxygen atoms in total. The van der Waals surface area contributed by atoms with Gasteiger partial charge in [0.05, 0.1) is 5.29 Å². The highest BCUT2D eigenvalue weighted by atomic mass is 16.3. The maximum absolute atomic E-state index is 10.3. The Balaban J connectivity index is 3.76. The lowest BCUT2D eigenvalue weighted by atomic mass is 10.2. The average Bonchev–Trinajstić information content (AvgIpc) is 1.84. The number of rotatable bonds is 5. The number of amides is 1. The SMILES string of the molecule is CC(C)CN(CC(N)=O)N=O. The van der Waals surface area contributed by atoms with E-state index in [1.807, 2.05) is 13.8 Å². The number of nitroso groups, excluding NO2 is 1. The molecular weight excluding hydrogens is 146 g/mol. The Labute approximate surface area is 65.5 Å². The van der Waals surface area contributed by atoms with Gasteiger partial charge < -0.3 is 5.73 Å². The van der Waals surface area contributed by atoms with Crippen LogP contribution in [0.5, 0.6) is 0 Å². The Morgan fingerprint density at radius 3 is 2.45 bits per heavy atom. The summed E-state index contributed by atoms with van der Waals surface area (Å²) in [5, 5.41) is 3.77. The van der Waals surface area contributed by atoms with Crippen LogP contribution in [0.3, 0.4) is 0 Å². The molecule has 0 aromatic carbocycles. The van der Waals surface area contributed by atoms with Crippen molar-refractivity contribution in [3.8, 4) is 0 Å². The van der Waals surface area contributed by atoms with E-state index in [1.165, 1.54) is 0 Å². The summed E-state index contributed by atoms with van der Waals surface area (Å²) in [4.78, 5) is 20.4. The standard InChI is InChI=1S/C6H13N3O2/c1-5(2)3-9(8-11)4-6(7)10/h5H,3-4H2,1-2H3,(H2,7,10). The third kappa shape index (κ3) is 5.32. The molecule has 0 aliphatic rings. The largest absolute Gasteiger partial charge is 0.368 e. The highest BCUT2D eigenvalue weighted by Crippen LogP contribution is 1.97. The maximum Gasteiger partial charge on any atom is 0.238 e. The first-order valence-electron chi connectivity index (χ1n) is 3.42. The Morgan fingerprint density at radius 2 is 2.18 bits per heavy atom. The average molecular weight is 159 g/mol. The molecule has 11 heavy (non-hydrogen) atoms. The number of carbonyl (C=O) groups excluding carboxylic acids is 1. The van der Waals surface area contributed by atoms with Crippen LogP contribution in [0, 0.1) is 10.8 Å². The number of primary amides is 1. The van der Waals surface area contributed by atoms with Crippen molar-refractivity contribution in [1.29, 1.82) is 0 Å². The molecule has 2 N–H and O–H groups in total. The third-order valence-corrected chi connectivity index (χ3v) is 1.03. The van der Waals surface area contributed by atoms with Gasteiger partial charge in [0.15, 0.2) is 0 Å². The van der Waals surface area contributed by atoms with E-state index in [9.17, 15) is 9.70 Å². The molecule has 0 heterocycles. The second-order valence-electron chi connectivity index (χ2n) is 2.79. The minimum absolute atomic E-state index is 0.0956. The molecule has 0 aromatic rings. The molecule has 0 aliphatic heterocycles. The molecular formula is C6H13N3O2. The molecule has 0 aromatic heterocycles. The van der Waals surface area contributed by atoms with E-state index in [1.54, 1.807) is 0 Å². The van der Waals surface area contributed by atoms with E-state index in [0.29, 0.717) is 12.5 Å². The van der Waals surface area contributed by atoms with Crippen LogP contribution in [-0.4, -0.2) is 24.0 Å². The monoisotopic (exact) mass is 159 g/mol. The summed E-state index contributed by atoms with van der Waals surface area (Å²) < 4.78 is 0. The minimum atomic E-state index is -0.537. The predicted molar refractivity (Wildman–Crippen MR) is 41.4 cm³/mol. The Bertz CT molecular complexity index is 147. The van der Waals surface area contributed by atoms with Gasteiger partial charge >= 0.3 is 0 Å². The first kappa shape index (κ1) is 9.87. The summed E-state index contributed by atoms with van der Waals surface area (Å²) in [5.41, 5.74) is 4.87. The van der Waals surface area contributed by atoms with Crippen molar-refractivity contribution in [3.05, 3.63) is 4.91 Å². The molecule has 0 rings (SSSR count). The second-order valence-corrected chi connectivity index (χ2v) is 2.79. The molecule has 0 fully saturated rings. The van der Waals surface area contributed by atoms with Crippen LogP contribution in [0.2, 0.25) is 0 Å². The number of hydrogen-bond donors (Lipinski definition) is 1. The number of nitrogens with zero attached hydrogens (tertiary/aromatic N) is 2. The molecule has 1 amide bonds. The van der Waals surface area contributed by atoms with Crippen molar-refractivity contribution in [2.45, 2.75) is 13.8 Å². The number of nitrogens with two attached hydrogens (primary N) is 1. The van der Waals surface area contributed by atoms with E-state index in [4.69, 9.17) is 5.73 Å². The molecule has 0 bridgehead atoms. The third-order valence-electron chi connectivity index (χ3n) is 1.03. The van der Waals surface area contributed by atoms with Crippen LogP contribution in [0.1, 0.15) is 13.8 Å². The molecule has 0 spiro atoms. The lowest BCUT2D eigenvalue weighted by Crippen LogP contribution is -2.32. The van der Waals surface area contributed by atoms with Crippen LogP contribution in [0.25, 0.3) is 0 Å².